The van der Waals surface area contributed by atoms with Gasteiger partial charge in [0, 0.05) is 37.8 Å². The van der Waals surface area contributed by atoms with Crippen molar-refractivity contribution in [3.8, 4) is 5.75 Å². The van der Waals surface area contributed by atoms with Gasteiger partial charge in [-0.1, -0.05) is 6.07 Å². The number of H-pyrrole nitrogens is 1. The minimum Gasteiger partial charge on any atom is -0.491 e. The fraction of sp³-hybridized carbons (Fsp3) is 0.318. The number of hydrogen-bond donors (Lipinski definition) is 2. The lowest BCUT2D eigenvalue weighted by atomic mass is 10.1. The number of aromatic amines is 1. The van der Waals surface area contributed by atoms with Crippen LogP contribution >= 0.6 is 0 Å². The molecule has 0 amide bonds. The fourth-order valence-corrected chi connectivity index (χ4v) is 4.80. The second-order valence-electron chi connectivity index (χ2n) is 8.29. The normalized spacial score (nSPS) is 16.6. The quantitative estimate of drug-likeness (QED) is 0.411. The monoisotopic (exact) mass is 468 g/mol. The highest BCUT2D eigenvalue weighted by atomic mass is 32.2. The van der Waals surface area contributed by atoms with Gasteiger partial charge in [-0.3, -0.25) is 4.55 Å². The number of nitrogens with one attached hydrogen (secondary N) is 1. The fourth-order valence-electron chi connectivity index (χ4n) is 4.27. The van der Waals surface area contributed by atoms with Crippen molar-refractivity contribution in [1.82, 2.24) is 19.9 Å². The Balaban J connectivity index is 1.49. The van der Waals surface area contributed by atoms with Gasteiger partial charge in [0.25, 0.3) is 10.1 Å². The minimum atomic E-state index is -4.38. The number of nitrogens with zero attached hydrogens (tertiary/aromatic N) is 5. The van der Waals surface area contributed by atoms with E-state index in [2.05, 4.69) is 24.8 Å². The summed E-state index contributed by atoms with van der Waals surface area (Å²) in [6.07, 6.45) is 4.98. The molecular weight excluding hydrogens is 444 g/mol. The second kappa shape index (κ2) is 8.16. The molecule has 0 saturated carbocycles. The molecule has 0 unspecified atom stereocenters. The van der Waals surface area contributed by atoms with Crippen LogP contribution in [0.1, 0.15) is 12.8 Å². The van der Waals surface area contributed by atoms with Gasteiger partial charge in [-0.25, -0.2) is 15.0 Å². The molecule has 0 aliphatic carbocycles. The molecule has 2 aromatic carbocycles. The van der Waals surface area contributed by atoms with E-state index in [0.29, 0.717) is 28.9 Å². The molecule has 5 rings (SSSR count). The summed E-state index contributed by atoms with van der Waals surface area (Å²) in [6.45, 7) is 1.13. The Labute approximate surface area is 191 Å². The van der Waals surface area contributed by atoms with E-state index in [9.17, 15) is 13.0 Å². The van der Waals surface area contributed by atoms with Crippen LogP contribution in [-0.2, 0) is 10.1 Å². The molecular formula is C22H24N6O4S. The van der Waals surface area contributed by atoms with E-state index < -0.39 is 10.1 Å². The van der Waals surface area contributed by atoms with Gasteiger partial charge in [0.05, 0.1) is 17.3 Å². The average molecular weight is 469 g/mol. The molecule has 0 bridgehead atoms. The Kier molecular flexibility index (Phi) is 5.29. The number of imidazole rings is 1. The van der Waals surface area contributed by atoms with Crippen molar-refractivity contribution in [3.63, 3.8) is 0 Å². The van der Waals surface area contributed by atoms with Crippen molar-refractivity contribution in [2.24, 2.45) is 0 Å². The van der Waals surface area contributed by atoms with Crippen molar-refractivity contribution in [2.75, 3.05) is 37.0 Å². The van der Waals surface area contributed by atoms with Crippen molar-refractivity contribution >= 4 is 43.6 Å². The molecule has 1 aliphatic heterocycles. The van der Waals surface area contributed by atoms with Crippen molar-refractivity contribution < 1.29 is 17.7 Å². The Morgan fingerprint density at radius 1 is 1.21 bits per heavy atom. The summed E-state index contributed by atoms with van der Waals surface area (Å²) in [5, 5.41) is 1.44. The second-order valence-corrected chi connectivity index (χ2v) is 9.72. The maximum absolute atomic E-state index is 11.9. The number of aromatic nitrogens is 4. The van der Waals surface area contributed by atoms with Gasteiger partial charge in [0.1, 0.15) is 24.2 Å². The molecule has 1 fully saturated rings. The Hall–Kier alpha value is -3.44. The number of anilines is 2. The van der Waals surface area contributed by atoms with E-state index in [1.165, 1.54) is 18.5 Å². The zero-order valence-electron chi connectivity index (χ0n) is 18.3. The molecule has 2 N–H and O–H groups in total. The topological polar surface area (TPSA) is 125 Å². The van der Waals surface area contributed by atoms with E-state index in [1.807, 2.05) is 37.2 Å². The standard InChI is InChI=1S/C22H24N6O4S/c1-27(2)15-6-5-14-8-17(33(29,30)31)10-19(18(14)9-15)32-11-16-4-3-7-28(16)22-20-21(24-12-23-20)25-13-26-22/h5-6,8-10,12-13,16H,3-4,7,11H2,1-2H3,(H,29,30,31)(H,23,24,25,26)/t16-/m1/s1. The average Bonchev–Trinajstić information content (AvgIpc) is 3.45. The number of ether oxygens (including phenoxy) is 1. The van der Waals surface area contributed by atoms with Crippen LogP contribution in [-0.4, -0.2) is 66.2 Å². The van der Waals surface area contributed by atoms with Crippen LogP contribution in [0.15, 0.2) is 47.9 Å². The predicted molar refractivity (Wildman–Crippen MR) is 126 cm³/mol. The first-order valence-electron chi connectivity index (χ1n) is 10.6. The summed E-state index contributed by atoms with van der Waals surface area (Å²) in [5.41, 5.74) is 2.34. The molecule has 0 spiro atoms. The van der Waals surface area contributed by atoms with E-state index in [1.54, 1.807) is 6.33 Å². The van der Waals surface area contributed by atoms with Gasteiger partial charge < -0.3 is 19.5 Å². The van der Waals surface area contributed by atoms with Crippen LogP contribution in [0.5, 0.6) is 5.75 Å². The highest BCUT2D eigenvalue weighted by Gasteiger charge is 2.29. The third-order valence-electron chi connectivity index (χ3n) is 5.97. The minimum absolute atomic E-state index is 0.0290. The molecule has 172 valence electrons. The molecule has 11 heteroatoms. The van der Waals surface area contributed by atoms with E-state index in [0.717, 1.165) is 36.3 Å². The molecule has 1 aliphatic rings. The number of hydrogen-bond acceptors (Lipinski definition) is 8. The molecule has 33 heavy (non-hydrogen) atoms. The van der Waals surface area contributed by atoms with E-state index in [4.69, 9.17) is 4.74 Å². The van der Waals surface area contributed by atoms with Crippen molar-refractivity contribution in [2.45, 2.75) is 23.8 Å². The first-order valence-corrected chi connectivity index (χ1v) is 12.0. The van der Waals surface area contributed by atoms with Gasteiger partial charge in [-0.15, -0.1) is 0 Å². The third-order valence-corrected chi connectivity index (χ3v) is 6.80. The highest BCUT2D eigenvalue weighted by Crippen LogP contribution is 2.34. The molecule has 0 radical (unpaired) electrons. The van der Waals surface area contributed by atoms with Crippen LogP contribution in [0, 0.1) is 0 Å². The maximum atomic E-state index is 11.9. The zero-order valence-corrected chi connectivity index (χ0v) is 19.1. The largest absolute Gasteiger partial charge is 0.491 e. The lowest BCUT2D eigenvalue weighted by Crippen LogP contribution is -2.35. The molecule has 10 nitrogen and oxygen atoms in total. The maximum Gasteiger partial charge on any atom is 0.294 e. The summed E-state index contributed by atoms with van der Waals surface area (Å²) in [5.74, 6) is 1.15. The van der Waals surface area contributed by atoms with E-state index >= 15 is 0 Å². The predicted octanol–water partition coefficient (Wildman–Crippen LogP) is 2.87. The van der Waals surface area contributed by atoms with Crippen molar-refractivity contribution in [3.05, 3.63) is 43.0 Å². The number of benzene rings is 2. The zero-order chi connectivity index (χ0) is 23.2. The molecule has 1 atom stereocenters. The molecule has 1 saturated heterocycles. The van der Waals surface area contributed by atoms with Gasteiger partial charge in [0.2, 0.25) is 0 Å². The lowest BCUT2D eigenvalue weighted by molar-refractivity contribution is 0.291. The van der Waals surface area contributed by atoms with Gasteiger partial charge in [-0.05, 0) is 36.4 Å². The van der Waals surface area contributed by atoms with Gasteiger partial charge in [0.15, 0.2) is 11.5 Å². The van der Waals surface area contributed by atoms with Crippen LogP contribution < -0.4 is 14.5 Å². The summed E-state index contributed by atoms with van der Waals surface area (Å²) in [7, 11) is -0.516. The van der Waals surface area contributed by atoms with Crippen LogP contribution in [0.4, 0.5) is 11.5 Å². The van der Waals surface area contributed by atoms with Crippen LogP contribution in [0.2, 0.25) is 0 Å². The summed E-state index contributed by atoms with van der Waals surface area (Å²) in [6, 6.07) is 8.52. The Bertz CT molecular complexity index is 1440. The number of fused-ring (bicyclic) bond motifs is 2. The Morgan fingerprint density at radius 2 is 2.06 bits per heavy atom. The summed E-state index contributed by atoms with van der Waals surface area (Å²) in [4.78, 5) is 20.0. The number of rotatable bonds is 6. The molecule has 3 heterocycles. The summed E-state index contributed by atoms with van der Waals surface area (Å²) < 4.78 is 39.6. The van der Waals surface area contributed by atoms with Gasteiger partial charge in [-0.2, -0.15) is 8.42 Å². The van der Waals surface area contributed by atoms with Crippen LogP contribution in [0.25, 0.3) is 21.9 Å². The third kappa shape index (κ3) is 4.05. The smallest absolute Gasteiger partial charge is 0.294 e. The highest BCUT2D eigenvalue weighted by molar-refractivity contribution is 7.85. The lowest BCUT2D eigenvalue weighted by Gasteiger charge is -2.26. The first-order chi connectivity index (χ1) is 15.8. The molecule has 4 aromatic rings. The van der Waals surface area contributed by atoms with E-state index in [-0.39, 0.29) is 10.9 Å². The van der Waals surface area contributed by atoms with Gasteiger partial charge >= 0.3 is 0 Å². The summed E-state index contributed by atoms with van der Waals surface area (Å²) >= 11 is 0. The molecule has 2 aromatic heterocycles. The van der Waals surface area contributed by atoms with Crippen molar-refractivity contribution in [1.29, 1.82) is 0 Å². The van der Waals surface area contributed by atoms with Crippen LogP contribution in [0.3, 0.4) is 0 Å². The first kappa shape index (κ1) is 21.4. The SMILES string of the molecule is CN(C)c1ccc2cc(S(=O)(=O)O)cc(OC[C@H]3CCCN3c3ncnc4[nH]cnc34)c2c1. The Morgan fingerprint density at radius 3 is 2.85 bits per heavy atom.